The quantitative estimate of drug-likeness (QED) is 0.588. The van der Waals surface area contributed by atoms with Gasteiger partial charge in [0.2, 0.25) is 10.9 Å². The average Bonchev–Trinajstić information content (AvgIpc) is 3.27. The van der Waals surface area contributed by atoms with E-state index in [1.165, 1.54) is 0 Å². The van der Waals surface area contributed by atoms with E-state index in [0.29, 0.717) is 29.5 Å². The Labute approximate surface area is 164 Å². The molecule has 1 amide bonds. The third kappa shape index (κ3) is 5.23. The molecule has 8 nitrogen and oxygen atoms in total. The predicted molar refractivity (Wildman–Crippen MR) is 103 cm³/mol. The number of imidazole rings is 1. The van der Waals surface area contributed by atoms with Gasteiger partial charge in [-0.05, 0) is 42.2 Å². The zero-order valence-electron chi connectivity index (χ0n) is 15.5. The summed E-state index contributed by atoms with van der Waals surface area (Å²) in [5, 5.41) is 0. The fourth-order valence-corrected chi connectivity index (χ4v) is 3.02. The highest BCUT2D eigenvalue weighted by molar-refractivity contribution is 7.70. The van der Waals surface area contributed by atoms with Crippen LogP contribution in [0.2, 0.25) is 0 Å². The van der Waals surface area contributed by atoms with Crippen molar-refractivity contribution >= 4 is 17.0 Å². The van der Waals surface area contributed by atoms with Crippen LogP contribution in [-0.2, 0) is 23.9 Å². The Bertz CT molecular complexity index is 1010. The van der Waals surface area contributed by atoms with E-state index in [9.17, 15) is 13.2 Å². The number of furan rings is 1. The van der Waals surface area contributed by atoms with Gasteiger partial charge in [0.25, 0.3) is 0 Å². The highest BCUT2D eigenvalue weighted by atomic mass is 32.2. The molecule has 0 bridgehead atoms. The maximum Gasteiger partial charge on any atom is 0.426 e. The van der Waals surface area contributed by atoms with Crippen molar-refractivity contribution in [2.75, 3.05) is 0 Å². The van der Waals surface area contributed by atoms with E-state index < -0.39 is 17.0 Å². The van der Waals surface area contributed by atoms with Gasteiger partial charge in [-0.25, -0.2) is 22.9 Å². The molecule has 0 spiro atoms. The van der Waals surface area contributed by atoms with Gasteiger partial charge in [0.15, 0.2) is 0 Å². The van der Waals surface area contributed by atoms with Crippen LogP contribution in [0.4, 0.5) is 4.79 Å². The Balaban J connectivity index is 1.91. The van der Waals surface area contributed by atoms with E-state index >= 15 is 0 Å². The summed E-state index contributed by atoms with van der Waals surface area (Å²) in [6.45, 7) is 4.73. The average molecular weight is 403 g/mol. The molecule has 9 heteroatoms. The SMILES string of the molecule is CC(C)Cc1ccc(OC(=O)N[SH](=O)=O)c(-c2ccc(Cn3ccnc3)o2)c1. The van der Waals surface area contributed by atoms with Crippen molar-refractivity contribution < 1.29 is 22.4 Å². The van der Waals surface area contributed by atoms with Gasteiger partial charge < -0.3 is 13.7 Å². The number of hydrogen-bond acceptors (Lipinski definition) is 6. The lowest BCUT2D eigenvalue weighted by atomic mass is 9.99. The van der Waals surface area contributed by atoms with Crippen molar-refractivity contribution in [3.63, 3.8) is 0 Å². The molecule has 0 saturated carbocycles. The Morgan fingerprint density at radius 3 is 2.79 bits per heavy atom. The van der Waals surface area contributed by atoms with Crippen LogP contribution in [0.1, 0.15) is 25.2 Å². The smallest absolute Gasteiger partial charge is 0.426 e. The predicted octanol–water partition coefficient (Wildman–Crippen LogP) is 3.00. The number of carbonyl (C=O) groups excluding carboxylic acids is 1. The van der Waals surface area contributed by atoms with Gasteiger partial charge in [-0.1, -0.05) is 19.9 Å². The maximum atomic E-state index is 11.7. The van der Waals surface area contributed by atoms with Gasteiger partial charge in [0, 0.05) is 12.4 Å². The molecular weight excluding hydrogens is 382 g/mol. The second-order valence-electron chi connectivity index (χ2n) is 6.69. The van der Waals surface area contributed by atoms with Crippen LogP contribution in [0.3, 0.4) is 0 Å². The van der Waals surface area contributed by atoms with Gasteiger partial charge >= 0.3 is 6.09 Å². The molecule has 0 radical (unpaired) electrons. The van der Waals surface area contributed by atoms with Crippen LogP contribution in [-0.4, -0.2) is 24.1 Å². The summed E-state index contributed by atoms with van der Waals surface area (Å²) in [6, 6.07) is 9.00. The Kier molecular flexibility index (Phi) is 6.15. The van der Waals surface area contributed by atoms with E-state index in [0.717, 1.165) is 12.0 Å². The lowest BCUT2D eigenvalue weighted by Crippen LogP contribution is -2.25. The summed E-state index contributed by atoms with van der Waals surface area (Å²) >= 11 is 0. The molecule has 0 unspecified atom stereocenters. The number of amides is 1. The van der Waals surface area contributed by atoms with Crippen molar-refractivity contribution in [3.05, 3.63) is 60.4 Å². The summed E-state index contributed by atoms with van der Waals surface area (Å²) in [5.41, 5.74) is 1.63. The van der Waals surface area contributed by atoms with E-state index in [1.54, 1.807) is 29.4 Å². The molecule has 1 aromatic carbocycles. The number of nitrogens with zero attached hydrogens (tertiary/aromatic N) is 2. The molecule has 0 aliphatic rings. The fraction of sp³-hybridized carbons (Fsp3) is 0.263. The number of aromatic nitrogens is 2. The van der Waals surface area contributed by atoms with Crippen LogP contribution >= 0.6 is 0 Å². The summed E-state index contributed by atoms with van der Waals surface area (Å²) in [7, 11) is -3.09. The number of carbonyl (C=O) groups is 1. The topological polar surface area (TPSA) is 103 Å². The van der Waals surface area contributed by atoms with Crippen molar-refractivity contribution in [1.82, 2.24) is 14.3 Å². The molecule has 2 heterocycles. The van der Waals surface area contributed by atoms with Gasteiger partial charge in [-0.15, -0.1) is 0 Å². The largest absolute Gasteiger partial charge is 0.459 e. The molecule has 3 rings (SSSR count). The van der Waals surface area contributed by atoms with Crippen molar-refractivity contribution in [1.29, 1.82) is 0 Å². The van der Waals surface area contributed by atoms with Gasteiger partial charge in [-0.2, -0.15) is 0 Å². The first kappa shape index (κ1) is 19.7. The minimum atomic E-state index is -3.09. The normalized spacial score (nSPS) is 11.1. The van der Waals surface area contributed by atoms with Crippen molar-refractivity contribution in [2.45, 2.75) is 26.8 Å². The van der Waals surface area contributed by atoms with Gasteiger partial charge in [0.1, 0.15) is 17.3 Å². The van der Waals surface area contributed by atoms with Crippen molar-refractivity contribution in [3.8, 4) is 17.1 Å². The highest BCUT2D eigenvalue weighted by Gasteiger charge is 2.16. The van der Waals surface area contributed by atoms with Gasteiger partial charge in [0.05, 0.1) is 18.4 Å². The fourth-order valence-electron chi connectivity index (χ4n) is 2.82. The first-order valence-electron chi connectivity index (χ1n) is 8.71. The van der Waals surface area contributed by atoms with E-state index in [4.69, 9.17) is 9.15 Å². The molecule has 148 valence electrons. The third-order valence-electron chi connectivity index (χ3n) is 3.90. The summed E-state index contributed by atoms with van der Waals surface area (Å²) in [5.74, 6) is 1.89. The maximum absolute atomic E-state index is 11.7. The van der Waals surface area contributed by atoms with Crippen LogP contribution in [0.15, 0.2) is 53.5 Å². The zero-order chi connectivity index (χ0) is 20.1. The van der Waals surface area contributed by atoms with E-state index in [-0.39, 0.29) is 5.75 Å². The molecule has 0 aliphatic heterocycles. The van der Waals surface area contributed by atoms with E-state index in [1.807, 2.05) is 29.0 Å². The molecule has 2 aromatic heterocycles. The Morgan fingerprint density at radius 2 is 2.11 bits per heavy atom. The number of benzene rings is 1. The molecular formula is C19H21N3O5S. The summed E-state index contributed by atoms with van der Waals surface area (Å²) in [4.78, 5) is 15.7. The molecule has 0 aliphatic carbocycles. The zero-order valence-corrected chi connectivity index (χ0v) is 16.4. The van der Waals surface area contributed by atoms with Crippen LogP contribution in [0, 0.1) is 5.92 Å². The molecule has 0 saturated heterocycles. The van der Waals surface area contributed by atoms with Crippen molar-refractivity contribution in [2.24, 2.45) is 5.92 Å². The minimum Gasteiger partial charge on any atom is -0.459 e. The lowest BCUT2D eigenvalue weighted by Gasteiger charge is -2.11. The summed E-state index contributed by atoms with van der Waals surface area (Å²) < 4.78 is 36.0. The monoisotopic (exact) mass is 403 g/mol. The van der Waals surface area contributed by atoms with E-state index in [2.05, 4.69) is 18.8 Å². The molecule has 0 fully saturated rings. The van der Waals surface area contributed by atoms with Crippen LogP contribution < -0.4 is 9.46 Å². The Hall–Kier alpha value is -3.07. The minimum absolute atomic E-state index is 0.213. The molecule has 3 aromatic rings. The number of rotatable bonds is 7. The molecule has 1 N–H and O–H groups in total. The first-order valence-corrected chi connectivity index (χ1v) is 9.89. The second-order valence-corrected chi connectivity index (χ2v) is 7.43. The molecule has 28 heavy (non-hydrogen) atoms. The van der Waals surface area contributed by atoms with Crippen LogP contribution in [0.25, 0.3) is 11.3 Å². The number of nitrogens with one attached hydrogen (secondary N) is 1. The van der Waals surface area contributed by atoms with Gasteiger partial charge in [-0.3, -0.25) is 0 Å². The standard InChI is InChI=1S/C19H21N3O5S/c1-13(2)9-14-3-5-18(27-19(23)21-28(24)25)16(10-14)17-6-4-15(26-17)11-22-8-7-20-12-22/h3-8,10,12-13,28H,9,11H2,1-2H3,(H,21,23,24,25). The number of thiol groups is 1. The molecule has 0 atom stereocenters. The lowest BCUT2D eigenvalue weighted by molar-refractivity contribution is 0.207. The number of ether oxygens (including phenoxy) is 1. The third-order valence-corrected chi connectivity index (χ3v) is 4.26. The second kappa shape index (κ2) is 8.75. The van der Waals surface area contributed by atoms with Crippen LogP contribution in [0.5, 0.6) is 5.75 Å². The summed E-state index contributed by atoms with van der Waals surface area (Å²) in [6.07, 6.45) is 4.97. The number of hydrogen-bond donors (Lipinski definition) is 2. The highest BCUT2D eigenvalue weighted by Crippen LogP contribution is 2.33. The Morgan fingerprint density at radius 1 is 1.29 bits per heavy atom. The first-order chi connectivity index (χ1) is 13.4.